The number of carboxylic acid groups (broad SMARTS) is 1. The van der Waals surface area contributed by atoms with Crippen LogP contribution in [0, 0.1) is 0 Å². The van der Waals surface area contributed by atoms with Crippen LogP contribution in [0.4, 0.5) is 0 Å². The standard InChI is InChI=1S/C22H26O5/c1-3-7-18-8-5-6-9-19(18)26-14-15-27-20-12-10-17(11-13-22(23)24)16-21(20)25-4-2/h3,5-6,8-10,12,16H,1,4,7,11,13-15H2,2H3,(H,23,24). The molecule has 0 heterocycles. The van der Waals surface area contributed by atoms with Gasteiger partial charge in [-0.05, 0) is 49.1 Å². The molecule has 0 bridgehead atoms. The van der Waals surface area contributed by atoms with E-state index in [0.717, 1.165) is 23.3 Å². The maximum absolute atomic E-state index is 10.7. The first-order valence-corrected chi connectivity index (χ1v) is 9.06. The van der Waals surface area contributed by atoms with E-state index in [1.54, 1.807) is 0 Å². The van der Waals surface area contributed by atoms with E-state index in [9.17, 15) is 4.79 Å². The second-order valence-corrected chi connectivity index (χ2v) is 5.91. The number of carbonyl (C=O) groups is 1. The summed E-state index contributed by atoms with van der Waals surface area (Å²) in [5, 5.41) is 8.82. The Kier molecular flexibility index (Phi) is 8.23. The average Bonchev–Trinajstić information content (AvgIpc) is 2.66. The quantitative estimate of drug-likeness (QED) is 0.446. The Balaban J connectivity index is 1.92. The molecule has 0 aromatic heterocycles. The maximum Gasteiger partial charge on any atom is 0.303 e. The molecule has 0 spiro atoms. The lowest BCUT2D eigenvalue weighted by molar-refractivity contribution is -0.136. The van der Waals surface area contributed by atoms with E-state index in [0.29, 0.717) is 37.7 Å². The number of ether oxygens (including phenoxy) is 3. The highest BCUT2D eigenvalue weighted by Crippen LogP contribution is 2.29. The summed E-state index contributed by atoms with van der Waals surface area (Å²) in [6.07, 6.45) is 3.14. The van der Waals surface area contributed by atoms with Crippen LogP contribution in [-0.4, -0.2) is 30.9 Å². The molecule has 0 aliphatic heterocycles. The van der Waals surface area contributed by atoms with Gasteiger partial charge in [-0.2, -0.15) is 0 Å². The van der Waals surface area contributed by atoms with Crippen molar-refractivity contribution in [2.24, 2.45) is 0 Å². The van der Waals surface area contributed by atoms with Crippen molar-refractivity contribution >= 4 is 5.97 Å². The van der Waals surface area contributed by atoms with E-state index in [1.807, 2.05) is 55.5 Å². The van der Waals surface area contributed by atoms with Crippen LogP contribution in [0.2, 0.25) is 0 Å². The molecule has 0 aliphatic rings. The zero-order valence-corrected chi connectivity index (χ0v) is 15.6. The summed E-state index contributed by atoms with van der Waals surface area (Å²) in [7, 11) is 0. The van der Waals surface area contributed by atoms with E-state index in [-0.39, 0.29) is 6.42 Å². The monoisotopic (exact) mass is 370 g/mol. The van der Waals surface area contributed by atoms with Gasteiger partial charge >= 0.3 is 5.97 Å². The van der Waals surface area contributed by atoms with Crippen LogP contribution in [0.3, 0.4) is 0 Å². The predicted molar refractivity (Wildman–Crippen MR) is 105 cm³/mol. The second-order valence-electron chi connectivity index (χ2n) is 5.91. The Hall–Kier alpha value is -2.95. The van der Waals surface area contributed by atoms with Crippen molar-refractivity contribution in [1.29, 1.82) is 0 Å². The molecule has 2 rings (SSSR count). The summed E-state index contributed by atoms with van der Waals surface area (Å²) in [4.78, 5) is 10.7. The van der Waals surface area contributed by atoms with Gasteiger partial charge in [-0.1, -0.05) is 30.3 Å². The van der Waals surface area contributed by atoms with Crippen LogP contribution in [0.15, 0.2) is 55.1 Å². The number of carboxylic acids is 1. The third kappa shape index (κ3) is 6.70. The van der Waals surface area contributed by atoms with Crippen LogP contribution in [0.25, 0.3) is 0 Å². The van der Waals surface area contributed by atoms with Gasteiger partial charge in [0.2, 0.25) is 0 Å². The molecule has 0 saturated carbocycles. The minimum absolute atomic E-state index is 0.0870. The maximum atomic E-state index is 10.7. The molecule has 0 saturated heterocycles. The average molecular weight is 370 g/mol. The lowest BCUT2D eigenvalue weighted by Gasteiger charge is -2.14. The van der Waals surface area contributed by atoms with Crippen LogP contribution < -0.4 is 14.2 Å². The molecule has 5 nitrogen and oxygen atoms in total. The molecule has 1 N–H and O–H groups in total. The Labute approximate surface area is 160 Å². The highest BCUT2D eigenvalue weighted by Gasteiger charge is 2.08. The third-order valence-electron chi connectivity index (χ3n) is 3.87. The van der Waals surface area contributed by atoms with E-state index in [4.69, 9.17) is 19.3 Å². The zero-order valence-electron chi connectivity index (χ0n) is 15.6. The fraction of sp³-hybridized carbons (Fsp3) is 0.318. The van der Waals surface area contributed by atoms with Gasteiger partial charge < -0.3 is 19.3 Å². The van der Waals surface area contributed by atoms with Crippen molar-refractivity contribution in [1.82, 2.24) is 0 Å². The normalized spacial score (nSPS) is 10.3. The van der Waals surface area contributed by atoms with Crippen molar-refractivity contribution in [2.75, 3.05) is 19.8 Å². The first kappa shape index (κ1) is 20.4. The van der Waals surface area contributed by atoms with Crippen LogP contribution in [0.5, 0.6) is 17.2 Å². The van der Waals surface area contributed by atoms with Crippen molar-refractivity contribution in [2.45, 2.75) is 26.2 Å². The second kappa shape index (κ2) is 10.9. The van der Waals surface area contributed by atoms with Gasteiger partial charge in [-0.15, -0.1) is 6.58 Å². The summed E-state index contributed by atoms with van der Waals surface area (Å²) >= 11 is 0. The summed E-state index contributed by atoms with van der Waals surface area (Å²) in [5.74, 6) is 1.25. The zero-order chi connectivity index (χ0) is 19.5. The van der Waals surface area contributed by atoms with E-state index in [2.05, 4.69) is 6.58 Å². The van der Waals surface area contributed by atoms with Gasteiger partial charge in [0.25, 0.3) is 0 Å². The molecule has 0 radical (unpaired) electrons. The number of aliphatic carboxylic acids is 1. The van der Waals surface area contributed by atoms with Crippen molar-refractivity contribution in [3.05, 3.63) is 66.2 Å². The molecule has 0 amide bonds. The van der Waals surface area contributed by atoms with Crippen molar-refractivity contribution < 1.29 is 24.1 Å². The van der Waals surface area contributed by atoms with Crippen LogP contribution in [0.1, 0.15) is 24.5 Å². The Bertz CT molecular complexity index is 754. The van der Waals surface area contributed by atoms with E-state index >= 15 is 0 Å². The topological polar surface area (TPSA) is 65.0 Å². The third-order valence-corrected chi connectivity index (χ3v) is 3.87. The first-order valence-electron chi connectivity index (χ1n) is 9.06. The minimum Gasteiger partial charge on any atom is -0.490 e. The highest BCUT2D eigenvalue weighted by atomic mass is 16.5. The van der Waals surface area contributed by atoms with Gasteiger partial charge in [-0.25, -0.2) is 0 Å². The molecule has 2 aromatic rings. The fourth-order valence-electron chi connectivity index (χ4n) is 2.62. The molecule has 5 heteroatoms. The van der Waals surface area contributed by atoms with Gasteiger partial charge in [0.1, 0.15) is 19.0 Å². The van der Waals surface area contributed by atoms with E-state index < -0.39 is 5.97 Å². The van der Waals surface area contributed by atoms with Crippen molar-refractivity contribution in [3.8, 4) is 17.2 Å². The smallest absolute Gasteiger partial charge is 0.303 e. The summed E-state index contributed by atoms with van der Waals surface area (Å²) in [6.45, 7) is 6.94. The number of hydrogen-bond acceptors (Lipinski definition) is 4. The molecule has 0 unspecified atom stereocenters. The minimum atomic E-state index is -0.817. The van der Waals surface area contributed by atoms with E-state index in [1.165, 1.54) is 0 Å². The lowest BCUT2D eigenvalue weighted by Crippen LogP contribution is -2.11. The molecule has 0 atom stereocenters. The molecule has 0 fully saturated rings. The number of para-hydroxylation sites is 1. The molecule has 27 heavy (non-hydrogen) atoms. The number of rotatable bonds is 12. The molecule has 144 valence electrons. The first-order chi connectivity index (χ1) is 13.1. The Morgan fingerprint density at radius 2 is 1.78 bits per heavy atom. The van der Waals surface area contributed by atoms with Crippen LogP contribution in [-0.2, 0) is 17.6 Å². The molecular formula is C22H26O5. The molecule has 0 aliphatic carbocycles. The van der Waals surface area contributed by atoms with Crippen LogP contribution >= 0.6 is 0 Å². The number of aryl methyl sites for hydroxylation is 1. The summed E-state index contributed by atoms with van der Waals surface area (Å²) in [5.41, 5.74) is 1.99. The fourth-order valence-corrected chi connectivity index (χ4v) is 2.62. The predicted octanol–water partition coefficient (Wildman–Crippen LogP) is 4.29. The largest absolute Gasteiger partial charge is 0.490 e. The number of benzene rings is 2. The van der Waals surface area contributed by atoms with Gasteiger partial charge in [0.15, 0.2) is 11.5 Å². The molecular weight excluding hydrogens is 344 g/mol. The molecule has 2 aromatic carbocycles. The Morgan fingerprint density at radius 3 is 2.48 bits per heavy atom. The van der Waals surface area contributed by atoms with Gasteiger partial charge in [0.05, 0.1) is 6.61 Å². The number of allylic oxidation sites excluding steroid dienone is 1. The SMILES string of the molecule is C=CCc1ccccc1OCCOc1ccc(CCC(=O)O)cc1OCC. The van der Waals surface area contributed by atoms with Crippen molar-refractivity contribution in [3.63, 3.8) is 0 Å². The van der Waals surface area contributed by atoms with Gasteiger partial charge in [0, 0.05) is 6.42 Å². The summed E-state index contributed by atoms with van der Waals surface area (Å²) < 4.78 is 17.3. The van der Waals surface area contributed by atoms with Gasteiger partial charge in [-0.3, -0.25) is 4.79 Å². The number of hydrogen-bond donors (Lipinski definition) is 1. The highest BCUT2D eigenvalue weighted by molar-refractivity contribution is 5.67. The summed E-state index contributed by atoms with van der Waals surface area (Å²) in [6, 6.07) is 13.4. The Morgan fingerprint density at radius 1 is 1.04 bits per heavy atom. The lowest BCUT2D eigenvalue weighted by atomic mass is 10.1.